The van der Waals surface area contributed by atoms with E-state index in [9.17, 15) is 8.42 Å². The van der Waals surface area contributed by atoms with Crippen molar-refractivity contribution in [2.24, 2.45) is 0 Å². The van der Waals surface area contributed by atoms with Crippen LogP contribution in [0.5, 0.6) is 0 Å². The molecule has 0 atom stereocenters. The largest absolute Gasteiger partial charge is 0.268 e. The van der Waals surface area contributed by atoms with Crippen molar-refractivity contribution in [3.8, 4) is 6.07 Å². The molecule has 1 N–H and O–H groups in total. The second-order valence-electron chi connectivity index (χ2n) is 3.03. The molecule has 0 aliphatic heterocycles. The van der Waals surface area contributed by atoms with Gasteiger partial charge in [0.05, 0.1) is 22.7 Å². The molecular formula is C9H6N4O2S2. The Bertz CT molecular complexity index is 659. The molecule has 0 saturated heterocycles. The highest BCUT2D eigenvalue weighted by Crippen LogP contribution is 2.18. The molecule has 0 aliphatic rings. The van der Waals surface area contributed by atoms with Crippen molar-refractivity contribution < 1.29 is 8.42 Å². The summed E-state index contributed by atoms with van der Waals surface area (Å²) in [5.41, 5.74) is 0.287. The van der Waals surface area contributed by atoms with E-state index in [0.29, 0.717) is 5.00 Å². The zero-order valence-corrected chi connectivity index (χ0v) is 9.99. The molecule has 0 fully saturated rings. The summed E-state index contributed by atoms with van der Waals surface area (Å²) >= 11 is 0.938. The molecule has 8 heteroatoms. The number of anilines is 1. The Hall–Kier alpha value is -1.98. The third-order valence-electron chi connectivity index (χ3n) is 1.87. The summed E-state index contributed by atoms with van der Waals surface area (Å²) in [6.07, 6.45) is 1.32. The van der Waals surface area contributed by atoms with Crippen LogP contribution in [0, 0.1) is 11.3 Å². The van der Waals surface area contributed by atoms with Crippen LogP contribution in [0.15, 0.2) is 35.4 Å². The van der Waals surface area contributed by atoms with Gasteiger partial charge in [-0.05, 0) is 18.2 Å². The molecule has 86 valence electrons. The second-order valence-corrected chi connectivity index (χ2v) is 5.49. The molecule has 2 rings (SSSR count). The maximum atomic E-state index is 11.9. The van der Waals surface area contributed by atoms with Crippen LogP contribution < -0.4 is 4.72 Å². The van der Waals surface area contributed by atoms with Gasteiger partial charge in [-0.3, -0.25) is 4.72 Å². The first-order chi connectivity index (χ1) is 8.12. The Morgan fingerprint density at radius 2 is 2.24 bits per heavy atom. The number of sulfonamides is 1. The van der Waals surface area contributed by atoms with Crippen molar-refractivity contribution in [1.82, 2.24) is 9.59 Å². The molecule has 1 aromatic carbocycles. The molecule has 0 spiro atoms. The number of nitriles is 1. The van der Waals surface area contributed by atoms with Gasteiger partial charge in [-0.25, -0.2) is 8.42 Å². The van der Waals surface area contributed by atoms with Gasteiger partial charge in [-0.1, -0.05) is 10.6 Å². The van der Waals surface area contributed by atoms with Crippen LogP contribution in [0.3, 0.4) is 0 Å². The van der Waals surface area contributed by atoms with Gasteiger partial charge >= 0.3 is 0 Å². The van der Waals surface area contributed by atoms with E-state index in [1.54, 1.807) is 0 Å². The Balaban J connectivity index is 2.35. The summed E-state index contributed by atoms with van der Waals surface area (Å²) in [6.45, 7) is 0. The molecule has 2 aromatic rings. The SMILES string of the molecule is N#Cc1cccc(S(=O)(=O)Nc2cnns2)c1. The fourth-order valence-corrected chi connectivity index (χ4v) is 2.87. The molecule has 0 unspecified atom stereocenters. The second kappa shape index (κ2) is 4.48. The van der Waals surface area contributed by atoms with Gasteiger partial charge in [0, 0.05) is 11.5 Å². The van der Waals surface area contributed by atoms with E-state index >= 15 is 0 Å². The Kier molecular flexibility index (Phi) is 3.03. The number of nitrogens with zero attached hydrogens (tertiary/aromatic N) is 3. The fourth-order valence-electron chi connectivity index (χ4n) is 1.14. The van der Waals surface area contributed by atoms with E-state index in [0.717, 1.165) is 11.5 Å². The molecule has 0 bridgehead atoms. The first kappa shape index (κ1) is 11.5. The van der Waals surface area contributed by atoms with Crippen molar-refractivity contribution in [3.63, 3.8) is 0 Å². The van der Waals surface area contributed by atoms with Gasteiger partial charge < -0.3 is 0 Å². The zero-order chi connectivity index (χ0) is 12.3. The highest BCUT2D eigenvalue weighted by atomic mass is 32.2. The minimum atomic E-state index is -3.69. The topological polar surface area (TPSA) is 95.7 Å². The molecule has 0 saturated carbocycles. The molecule has 0 aliphatic carbocycles. The summed E-state index contributed by atoms with van der Waals surface area (Å²) in [7, 11) is -3.69. The average molecular weight is 266 g/mol. The van der Waals surface area contributed by atoms with Crippen LogP contribution >= 0.6 is 11.5 Å². The third kappa shape index (κ3) is 2.58. The van der Waals surface area contributed by atoms with Crippen LogP contribution in [0.1, 0.15) is 5.56 Å². The van der Waals surface area contributed by atoms with Gasteiger partial charge in [0.25, 0.3) is 10.0 Å². The lowest BCUT2D eigenvalue weighted by Gasteiger charge is -2.04. The number of rotatable bonds is 3. The molecule has 17 heavy (non-hydrogen) atoms. The lowest BCUT2D eigenvalue weighted by Crippen LogP contribution is -2.12. The summed E-state index contributed by atoms with van der Waals surface area (Å²) in [5, 5.41) is 12.6. The zero-order valence-electron chi connectivity index (χ0n) is 8.36. The first-order valence-electron chi connectivity index (χ1n) is 4.42. The van der Waals surface area contributed by atoms with Crippen LogP contribution in [-0.4, -0.2) is 18.0 Å². The van der Waals surface area contributed by atoms with E-state index in [1.807, 2.05) is 6.07 Å². The average Bonchev–Trinajstić information content (AvgIpc) is 2.81. The maximum absolute atomic E-state index is 11.9. The standard InChI is InChI=1S/C9H6N4O2S2/c10-5-7-2-1-3-8(4-7)17(14,15)12-9-6-11-13-16-9/h1-4,6,12H. The lowest BCUT2D eigenvalue weighted by atomic mass is 10.2. The molecule has 0 amide bonds. The molecule has 1 aromatic heterocycles. The smallest absolute Gasteiger partial charge is 0.262 e. The van der Waals surface area contributed by atoms with E-state index < -0.39 is 10.0 Å². The quantitative estimate of drug-likeness (QED) is 0.900. The van der Waals surface area contributed by atoms with Gasteiger partial charge in [0.2, 0.25) is 0 Å². The van der Waals surface area contributed by atoms with Crippen molar-refractivity contribution in [2.45, 2.75) is 4.90 Å². The minimum absolute atomic E-state index is 0.0324. The Labute approximate surface area is 102 Å². The van der Waals surface area contributed by atoms with Crippen molar-refractivity contribution >= 4 is 26.6 Å². The van der Waals surface area contributed by atoms with Gasteiger partial charge in [-0.2, -0.15) is 5.26 Å². The van der Waals surface area contributed by atoms with E-state index in [2.05, 4.69) is 14.3 Å². The summed E-state index contributed by atoms with van der Waals surface area (Å²) in [4.78, 5) is 0.0324. The summed E-state index contributed by atoms with van der Waals surface area (Å²) in [5.74, 6) is 0. The van der Waals surface area contributed by atoms with Crippen molar-refractivity contribution in [3.05, 3.63) is 36.0 Å². The van der Waals surface area contributed by atoms with E-state index in [4.69, 9.17) is 5.26 Å². The molecular weight excluding hydrogens is 260 g/mol. The van der Waals surface area contributed by atoms with E-state index in [-0.39, 0.29) is 10.5 Å². The first-order valence-corrected chi connectivity index (χ1v) is 6.68. The molecule has 0 radical (unpaired) electrons. The Morgan fingerprint density at radius 3 is 2.88 bits per heavy atom. The number of hydrogen-bond donors (Lipinski definition) is 1. The van der Waals surface area contributed by atoms with Crippen LogP contribution in [0.4, 0.5) is 5.00 Å². The molecule has 6 nitrogen and oxygen atoms in total. The van der Waals surface area contributed by atoms with Gasteiger partial charge in [0.15, 0.2) is 0 Å². The number of benzene rings is 1. The normalized spacial score (nSPS) is 10.8. The molecule has 1 heterocycles. The van der Waals surface area contributed by atoms with Crippen LogP contribution in [0.25, 0.3) is 0 Å². The van der Waals surface area contributed by atoms with Gasteiger partial charge in [0.1, 0.15) is 5.00 Å². The van der Waals surface area contributed by atoms with Crippen LogP contribution in [0.2, 0.25) is 0 Å². The summed E-state index contributed by atoms with van der Waals surface area (Å²) in [6, 6.07) is 7.65. The lowest BCUT2D eigenvalue weighted by molar-refractivity contribution is 0.601. The number of aromatic nitrogens is 2. The monoisotopic (exact) mass is 266 g/mol. The van der Waals surface area contributed by atoms with Crippen molar-refractivity contribution in [2.75, 3.05) is 4.72 Å². The number of hydrogen-bond acceptors (Lipinski definition) is 6. The van der Waals surface area contributed by atoms with Crippen LogP contribution in [-0.2, 0) is 10.0 Å². The Morgan fingerprint density at radius 1 is 1.41 bits per heavy atom. The predicted molar refractivity (Wildman–Crippen MR) is 61.9 cm³/mol. The minimum Gasteiger partial charge on any atom is -0.268 e. The highest BCUT2D eigenvalue weighted by molar-refractivity contribution is 7.93. The van der Waals surface area contributed by atoms with Crippen molar-refractivity contribution in [1.29, 1.82) is 5.26 Å². The third-order valence-corrected chi connectivity index (χ3v) is 3.94. The summed E-state index contributed by atoms with van der Waals surface area (Å²) < 4.78 is 29.7. The predicted octanol–water partition coefficient (Wildman–Crippen LogP) is 1.21. The number of nitrogens with one attached hydrogen (secondary N) is 1. The van der Waals surface area contributed by atoms with E-state index in [1.165, 1.54) is 30.5 Å². The van der Waals surface area contributed by atoms with Gasteiger partial charge in [-0.15, -0.1) is 5.10 Å². The maximum Gasteiger partial charge on any atom is 0.262 e. The highest BCUT2D eigenvalue weighted by Gasteiger charge is 2.15. The fraction of sp³-hybridized carbons (Fsp3) is 0.